The van der Waals surface area contributed by atoms with Gasteiger partial charge >= 0.3 is 0 Å². The van der Waals surface area contributed by atoms with Gasteiger partial charge in [0, 0.05) is 31.1 Å². The summed E-state index contributed by atoms with van der Waals surface area (Å²) in [5, 5.41) is 5.71. The molecule has 0 bridgehead atoms. The molecule has 1 aliphatic heterocycles. The Balaban J connectivity index is 1.55. The Labute approximate surface area is 142 Å². The molecule has 1 aliphatic carbocycles. The minimum atomic E-state index is -0.285. The highest BCUT2D eigenvalue weighted by Crippen LogP contribution is 2.29. The fourth-order valence-corrected chi connectivity index (χ4v) is 3.33. The van der Waals surface area contributed by atoms with Crippen molar-refractivity contribution in [3.05, 3.63) is 0 Å². The van der Waals surface area contributed by atoms with Gasteiger partial charge in [0.2, 0.25) is 17.7 Å². The molecular weight excluding hydrogens is 314 g/mol. The third-order valence-corrected chi connectivity index (χ3v) is 5.14. The van der Waals surface area contributed by atoms with Gasteiger partial charge in [-0.15, -0.1) is 11.8 Å². The average Bonchev–Trinajstić information content (AvgIpc) is 3.27. The Morgan fingerprint density at radius 1 is 1.26 bits per heavy atom. The summed E-state index contributed by atoms with van der Waals surface area (Å²) in [5.41, 5.74) is -0.285. The van der Waals surface area contributed by atoms with Gasteiger partial charge in [-0.3, -0.25) is 14.4 Å². The lowest BCUT2D eigenvalue weighted by atomic mass is 9.83. The van der Waals surface area contributed by atoms with Crippen molar-refractivity contribution in [2.24, 2.45) is 5.41 Å². The summed E-state index contributed by atoms with van der Waals surface area (Å²) >= 11 is 1.32. The van der Waals surface area contributed by atoms with Gasteiger partial charge in [-0.2, -0.15) is 0 Å². The first-order chi connectivity index (χ1) is 10.9. The lowest BCUT2D eigenvalue weighted by Gasteiger charge is -2.37. The van der Waals surface area contributed by atoms with E-state index in [1.54, 1.807) is 0 Å². The van der Waals surface area contributed by atoms with Gasteiger partial charge in [0.1, 0.15) is 0 Å². The van der Waals surface area contributed by atoms with Crippen LogP contribution in [0.3, 0.4) is 0 Å². The maximum Gasteiger partial charge on any atom is 0.230 e. The predicted octanol–water partition coefficient (Wildman–Crippen LogP) is 0.763. The van der Waals surface area contributed by atoms with Gasteiger partial charge in [-0.1, -0.05) is 13.8 Å². The molecule has 0 unspecified atom stereocenters. The van der Waals surface area contributed by atoms with E-state index in [0.29, 0.717) is 24.9 Å². The topological polar surface area (TPSA) is 78.5 Å². The van der Waals surface area contributed by atoms with Crippen LogP contribution in [-0.2, 0) is 14.4 Å². The molecule has 6 nitrogen and oxygen atoms in total. The molecule has 1 heterocycles. The van der Waals surface area contributed by atoms with E-state index in [9.17, 15) is 14.4 Å². The van der Waals surface area contributed by atoms with E-state index < -0.39 is 0 Å². The second kappa shape index (κ2) is 8.04. The molecule has 1 saturated carbocycles. The Morgan fingerprint density at radius 2 is 1.96 bits per heavy atom. The zero-order valence-electron chi connectivity index (χ0n) is 14.0. The third-order valence-electron chi connectivity index (χ3n) is 4.21. The van der Waals surface area contributed by atoms with E-state index in [2.05, 4.69) is 10.6 Å². The lowest BCUT2D eigenvalue weighted by Crippen LogP contribution is -2.48. The van der Waals surface area contributed by atoms with Crippen LogP contribution in [0.5, 0.6) is 0 Å². The molecule has 0 aromatic heterocycles. The van der Waals surface area contributed by atoms with Gasteiger partial charge in [0.05, 0.1) is 11.5 Å². The molecule has 0 spiro atoms. The second-order valence-electron chi connectivity index (χ2n) is 6.96. The maximum absolute atomic E-state index is 12.2. The van der Waals surface area contributed by atoms with Crippen molar-refractivity contribution in [3.63, 3.8) is 0 Å². The van der Waals surface area contributed by atoms with Gasteiger partial charge in [0.15, 0.2) is 0 Å². The fourth-order valence-electron chi connectivity index (χ4n) is 2.68. The summed E-state index contributed by atoms with van der Waals surface area (Å²) in [6.45, 7) is 5.75. The van der Waals surface area contributed by atoms with E-state index in [-0.39, 0.29) is 28.9 Å². The molecule has 2 fully saturated rings. The molecule has 3 amide bonds. The van der Waals surface area contributed by atoms with E-state index in [1.807, 2.05) is 18.7 Å². The maximum atomic E-state index is 12.2. The van der Waals surface area contributed by atoms with Crippen molar-refractivity contribution < 1.29 is 14.4 Å². The quantitative estimate of drug-likeness (QED) is 0.683. The number of hydrogen-bond acceptors (Lipinski definition) is 4. The number of nitrogens with zero attached hydrogens (tertiary/aromatic N) is 1. The molecule has 0 atom stereocenters. The van der Waals surface area contributed by atoms with E-state index in [0.717, 1.165) is 32.2 Å². The van der Waals surface area contributed by atoms with Crippen molar-refractivity contribution >= 4 is 29.5 Å². The van der Waals surface area contributed by atoms with Crippen LogP contribution >= 0.6 is 11.8 Å². The van der Waals surface area contributed by atoms with Crippen LogP contribution in [0.25, 0.3) is 0 Å². The number of thioether (sulfide) groups is 1. The molecule has 0 radical (unpaired) electrons. The summed E-state index contributed by atoms with van der Waals surface area (Å²) in [6, 6.07) is 0.364. The number of carbonyl (C=O) groups is 3. The van der Waals surface area contributed by atoms with Crippen LogP contribution in [0.2, 0.25) is 0 Å². The molecular formula is C16H27N3O3S. The summed E-state index contributed by atoms with van der Waals surface area (Å²) in [6.07, 6.45) is 4.08. The van der Waals surface area contributed by atoms with Gasteiger partial charge in [0.25, 0.3) is 0 Å². The van der Waals surface area contributed by atoms with Gasteiger partial charge in [-0.05, 0) is 25.7 Å². The minimum Gasteiger partial charge on any atom is -0.354 e. The number of likely N-dealkylation sites (tertiary alicyclic amines) is 1. The number of rotatable bonds is 8. The Bertz CT molecular complexity index is 463. The van der Waals surface area contributed by atoms with Crippen molar-refractivity contribution in [3.8, 4) is 0 Å². The van der Waals surface area contributed by atoms with Crippen molar-refractivity contribution in [1.82, 2.24) is 15.5 Å². The molecule has 2 aliphatic rings. The van der Waals surface area contributed by atoms with Gasteiger partial charge in [-0.25, -0.2) is 0 Å². The Morgan fingerprint density at radius 3 is 2.65 bits per heavy atom. The first kappa shape index (κ1) is 18.1. The van der Waals surface area contributed by atoms with Crippen LogP contribution < -0.4 is 10.6 Å². The van der Waals surface area contributed by atoms with Crippen LogP contribution in [0, 0.1) is 5.41 Å². The largest absolute Gasteiger partial charge is 0.354 e. The van der Waals surface area contributed by atoms with Crippen LogP contribution in [0.15, 0.2) is 0 Å². The lowest BCUT2D eigenvalue weighted by molar-refractivity contribution is -0.144. The average molecular weight is 341 g/mol. The first-order valence-electron chi connectivity index (χ1n) is 8.32. The van der Waals surface area contributed by atoms with Crippen LogP contribution in [0.1, 0.15) is 39.5 Å². The van der Waals surface area contributed by atoms with Crippen molar-refractivity contribution in [2.75, 3.05) is 31.1 Å². The minimum absolute atomic E-state index is 0.00597. The molecule has 130 valence electrons. The van der Waals surface area contributed by atoms with Crippen molar-refractivity contribution in [1.29, 1.82) is 0 Å². The summed E-state index contributed by atoms with van der Waals surface area (Å²) in [7, 11) is 0. The summed E-state index contributed by atoms with van der Waals surface area (Å²) < 4.78 is 0. The van der Waals surface area contributed by atoms with E-state index in [1.165, 1.54) is 11.8 Å². The Kier molecular flexibility index (Phi) is 6.33. The van der Waals surface area contributed by atoms with Crippen LogP contribution in [0.4, 0.5) is 0 Å². The SMILES string of the molecule is CC1(C)CCCN(CCNC(=O)CSCC(=O)NC2CC2)C1=O. The van der Waals surface area contributed by atoms with E-state index in [4.69, 9.17) is 0 Å². The molecule has 2 N–H and O–H groups in total. The second-order valence-corrected chi connectivity index (χ2v) is 7.95. The fraction of sp³-hybridized carbons (Fsp3) is 0.812. The monoisotopic (exact) mass is 341 g/mol. The van der Waals surface area contributed by atoms with Crippen LogP contribution in [-0.4, -0.2) is 59.8 Å². The zero-order chi connectivity index (χ0) is 16.9. The van der Waals surface area contributed by atoms with Crippen molar-refractivity contribution in [2.45, 2.75) is 45.6 Å². The molecule has 0 aromatic rings. The number of amides is 3. The number of piperidine rings is 1. The molecule has 1 saturated heterocycles. The number of carbonyl (C=O) groups excluding carboxylic acids is 3. The number of nitrogens with one attached hydrogen (secondary N) is 2. The van der Waals surface area contributed by atoms with E-state index >= 15 is 0 Å². The summed E-state index contributed by atoms with van der Waals surface area (Å²) in [4.78, 5) is 37.3. The smallest absolute Gasteiger partial charge is 0.230 e. The third kappa shape index (κ3) is 6.05. The molecule has 2 rings (SSSR count). The normalized spacial score (nSPS) is 20.3. The highest BCUT2D eigenvalue weighted by molar-refractivity contribution is 8.00. The molecule has 23 heavy (non-hydrogen) atoms. The standard InChI is InChI=1S/C16H27N3O3S/c1-16(2)6-3-8-19(15(16)22)9-7-17-13(20)10-23-11-14(21)18-12-4-5-12/h12H,3-11H2,1-2H3,(H,17,20)(H,18,21). The highest BCUT2D eigenvalue weighted by Gasteiger charge is 2.35. The number of hydrogen-bond donors (Lipinski definition) is 2. The van der Waals surface area contributed by atoms with Gasteiger partial charge < -0.3 is 15.5 Å². The molecule has 7 heteroatoms. The predicted molar refractivity (Wildman–Crippen MR) is 91.1 cm³/mol. The Hall–Kier alpha value is -1.24. The molecule has 0 aromatic carbocycles. The summed E-state index contributed by atoms with van der Waals surface area (Å²) in [5.74, 6) is 0.689. The zero-order valence-corrected chi connectivity index (χ0v) is 14.8. The highest BCUT2D eigenvalue weighted by atomic mass is 32.2. The first-order valence-corrected chi connectivity index (χ1v) is 9.47.